The number of guanidine groups is 1. The second-order valence-electron chi connectivity index (χ2n) is 7.88. The van der Waals surface area contributed by atoms with Crippen molar-refractivity contribution in [3.63, 3.8) is 0 Å². The summed E-state index contributed by atoms with van der Waals surface area (Å²) in [5.74, 6) is -1.48. The van der Waals surface area contributed by atoms with Crippen molar-refractivity contribution in [1.29, 1.82) is 0 Å². The number of phenols is 2. The van der Waals surface area contributed by atoms with Gasteiger partial charge in [0.2, 0.25) is 5.91 Å². The molecule has 13 heteroatoms. The molecular weight excluding hydrogens is 546 g/mol. The van der Waals surface area contributed by atoms with Crippen LogP contribution in [0.25, 0.3) is 0 Å². The fraction of sp³-hybridized carbons (Fsp3) is 0.318. The number of carboxylic acid groups (broad SMARTS) is 1. The number of anilines is 1. The number of phenolic OH excluding ortho intramolecular Hbond substituents is 2. The maximum Gasteiger partial charge on any atom is 0.305 e. The van der Waals surface area contributed by atoms with Crippen LogP contribution in [-0.2, 0) is 16.1 Å². The molecule has 188 valence electrons. The Morgan fingerprint density at radius 3 is 2.69 bits per heavy atom. The van der Waals surface area contributed by atoms with Gasteiger partial charge in [-0.2, -0.15) is 0 Å². The minimum atomic E-state index is -1.16. The van der Waals surface area contributed by atoms with Gasteiger partial charge in [-0.05, 0) is 29.8 Å². The molecule has 2 aromatic carbocycles. The summed E-state index contributed by atoms with van der Waals surface area (Å²) in [5.41, 5.74) is 1.42. The van der Waals surface area contributed by atoms with Crippen molar-refractivity contribution in [3.05, 3.63) is 51.0 Å². The monoisotopic (exact) mass is 569 g/mol. The van der Waals surface area contributed by atoms with Crippen molar-refractivity contribution < 1.29 is 30.0 Å². The highest BCUT2D eigenvalue weighted by Gasteiger charge is 2.23. The molecule has 1 aliphatic rings. The first-order valence-corrected chi connectivity index (χ1v) is 11.7. The fourth-order valence-electron chi connectivity index (χ4n) is 3.43. The van der Waals surface area contributed by atoms with Gasteiger partial charge in [0, 0.05) is 34.9 Å². The van der Waals surface area contributed by atoms with Crippen molar-refractivity contribution >= 4 is 51.1 Å². The number of carboxylic acids is 1. The first kappa shape index (κ1) is 26.5. The summed E-state index contributed by atoms with van der Waals surface area (Å²) in [5, 5.41) is 50.6. The lowest BCUT2D eigenvalue weighted by Crippen LogP contribution is -2.42. The van der Waals surface area contributed by atoms with Gasteiger partial charge in [0.05, 0.1) is 36.7 Å². The maximum atomic E-state index is 12.5. The van der Waals surface area contributed by atoms with E-state index >= 15 is 0 Å². The van der Waals surface area contributed by atoms with Crippen LogP contribution in [0.1, 0.15) is 23.6 Å². The number of hydrogen-bond acceptors (Lipinski definition) is 9. The molecule has 0 spiro atoms. The van der Waals surface area contributed by atoms with Gasteiger partial charge in [-0.25, -0.2) is 0 Å². The van der Waals surface area contributed by atoms with E-state index in [9.17, 15) is 30.0 Å². The number of nitrogens with one attached hydrogen (secondary N) is 4. The van der Waals surface area contributed by atoms with Gasteiger partial charge < -0.3 is 41.7 Å². The SMILES string of the molecule is O=C(O)C[C@@H](NC(=O)CNCc1cc(O)cc(NC2=NCC(O)CN2)c1)c1cc(Br)cc(Cl)c1O. The number of aliphatic imine (C=N–C) groups is 1. The molecule has 0 bridgehead atoms. The number of β-amino-alcohol motifs (C(OH)–C–C–N with tert-alkyl or cyclic N) is 1. The minimum absolute atomic E-state index is 0.0104. The Kier molecular flexibility index (Phi) is 9.15. The average Bonchev–Trinajstić information content (AvgIpc) is 2.77. The molecule has 2 aromatic rings. The third-order valence-corrected chi connectivity index (χ3v) is 5.71. The van der Waals surface area contributed by atoms with Crippen LogP contribution in [-0.4, -0.2) is 64.0 Å². The van der Waals surface area contributed by atoms with E-state index in [0.29, 0.717) is 28.2 Å². The smallest absolute Gasteiger partial charge is 0.305 e. The minimum Gasteiger partial charge on any atom is -0.508 e. The molecule has 1 heterocycles. The van der Waals surface area contributed by atoms with E-state index in [1.807, 2.05) is 0 Å². The number of carbonyl (C=O) groups is 2. The molecular formula is C22H25BrClN5O6. The topological polar surface area (TPSA) is 176 Å². The summed E-state index contributed by atoms with van der Waals surface area (Å²) >= 11 is 9.23. The molecule has 35 heavy (non-hydrogen) atoms. The van der Waals surface area contributed by atoms with Crippen molar-refractivity contribution in [3.8, 4) is 11.5 Å². The zero-order valence-electron chi connectivity index (χ0n) is 18.4. The lowest BCUT2D eigenvalue weighted by atomic mass is 10.0. The molecule has 1 unspecified atom stereocenters. The highest BCUT2D eigenvalue weighted by atomic mass is 79.9. The molecule has 11 nitrogen and oxygen atoms in total. The first-order chi connectivity index (χ1) is 16.6. The molecule has 0 saturated carbocycles. The van der Waals surface area contributed by atoms with Crippen LogP contribution >= 0.6 is 27.5 Å². The van der Waals surface area contributed by atoms with Crippen LogP contribution in [0, 0.1) is 0 Å². The molecule has 1 amide bonds. The molecule has 3 rings (SSSR count). The number of nitrogens with zero attached hydrogens (tertiary/aromatic N) is 1. The molecule has 0 saturated heterocycles. The molecule has 1 aliphatic heterocycles. The number of halogens is 2. The van der Waals surface area contributed by atoms with Crippen LogP contribution in [0.3, 0.4) is 0 Å². The lowest BCUT2D eigenvalue weighted by molar-refractivity contribution is -0.137. The Bertz CT molecular complexity index is 1130. The van der Waals surface area contributed by atoms with Gasteiger partial charge in [0.15, 0.2) is 5.96 Å². The summed E-state index contributed by atoms with van der Waals surface area (Å²) in [6, 6.07) is 6.75. The predicted octanol–water partition coefficient (Wildman–Crippen LogP) is 1.67. The van der Waals surface area contributed by atoms with Gasteiger partial charge in [0.1, 0.15) is 11.5 Å². The summed E-state index contributed by atoms with van der Waals surface area (Å²) in [4.78, 5) is 28.0. The van der Waals surface area contributed by atoms with E-state index < -0.39 is 30.4 Å². The summed E-state index contributed by atoms with van der Waals surface area (Å²) in [6.07, 6.45) is -1.00. The quantitative estimate of drug-likeness (QED) is 0.223. The highest BCUT2D eigenvalue weighted by Crippen LogP contribution is 2.36. The van der Waals surface area contributed by atoms with Crippen LogP contribution < -0.4 is 21.3 Å². The number of aromatic hydroxyl groups is 2. The number of rotatable bonds is 9. The Labute approximate surface area is 214 Å². The molecule has 0 fully saturated rings. The van der Waals surface area contributed by atoms with E-state index in [1.165, 1.54) is 24.3 Å². The van der Waals surface area contributed by atoms with E-state index in [0.717, 1.165) is 0 Å². The maximum absolute atomic E-state index is 12.5. The van der Waals surface area contributed by atoms with Crippen molar-refractivity contribution in [1.82, 2.24) is 16.0 Å². The number of amides is 1. The Morgan fingerprint density at radius 1 is 1.23 bits per heavy atom. The third kappa shape index (κ3) is 7.99. The molecule has 0 aliphatic carbocycles. The van der Waals surface area contributed by atoms with Gasteiger partial charge in [-0.15, -0.1) is 0 Å². The standard InChI is InChI=1S/C22H25BrClN5O6/c23-12-3-16(21(35)17(24)4-12)18(6-20(33)34)29-19(32)10-25-7-11-1-13(5-14(30)2-11)28-22-26-8-15(31)9-27-22/h1-5,15,18,25,30-31,35H,6-10H2,(H,29,32)(H,33,34)(H2,26,27,28)/t18-/m1/s1. The van der Waals surface area contributed by atoms with Crippen LogP contribution in [0.4, 0.5) is 5.69 Å². The van der Waals surface area contributed by atoms with Gasteiger partial charge in [0.25, 0.3) is 0 Å². The van der Waals surface area contributed by atoms with E-state index in [2.05, 4.69) is 42.2 Å². The van der Waals surface area contributed by atoms with Crippen molar-refractivity contribution in [2.75, 3.05) is 25.0 Å². The van der Waals surface area contributed by atoms with Crippen molar-refractivity contribution in [2.24, 2.45) is 4.99 Å². The number of aliphatic carboxylic acids is 1. The van der Waals surface area contributed by atoms with Crippen LogP contribution in [0.15, 0.2) is 39.8 Å². The van der Waals surface area contributed by atoms with Gasteiger partial charge in [-0.1, -0.05) is 27.5 Å². The largest absolute Gasteiger partial charge is 0.508 e. The average molecular weight is 571 g/mol. The third-order valence-electron chi connectivity index (χ3n) is 4.97. The fourth-order valence-corrected chi connectivity index (χ4v) is 4.26. The number of aliphatic hydroxyl groups excluding tert-OH is 1. The van der Waals surface area contributed by atoms with E-state index in [1.54, 1.807) is 6.07 Å². The first-order valence-electron chi connectivity index (χ1n) is 10.6. The van der Waals surface area contributed by atoms with Crippen LogP contribution in [0.2, 0.25) is 5.02 Å². The second-order valence-corrected chi connectivity index (χ2v) is 9.21. The lowest BCUT2D eigenvalue weighted by Gasteiger charge is -2.20. The van der Waals surface area contributed by atoms with E-state index in [4.69, 9.17) is 11.6 Å². The molecule has 8 N–H and O–H groups in total. The van der Waals surface area contributed by atoms with E-state index in [-0.39, 0.29) is 41.7 Å². The Morgan fingerprint density at radius 2 is 2.00 bits per heavy atom. The number of aliphatic hydroxyl groups is 1. The molecule has 2 atom stereocenters. The predicted molar refractivity (Wildman–Crippen MR) is 134 cm³/mol. The zero-order valence-corrected chi connectivity index (χ0v) is 20.7. The van der Waals surface area contributed by atoms with Crippen LogP contribution in [0.5, 0.6) is 11.5 Å². The highest BCUT2D eigenvalue weighted by molar-refractivity contribution is 9.10. The zero-order chi connectivity index (χ0) is 25.5. The Balaban J connectivity index is 1.60. The normalized spacial score (nSPS) is 16.1. The van der Waals surface area contributed by atoms with Crippen molar-refractivity contribution in [2.45, 2.75) is 25.1 Å². The number of benzene rings is 2. The second kappa shape index (κ2) is 12.1. The summed E-state index contributed by atoms with van der Waals surface area (Å²) < 4.78 is 0.525. The van der Waals surface area contributed by atoms with Gasteiger partial charge in [-0.3, -0.25) is 14.6 Å². The Hall–Kier alpha value is -3.06. The summed E-state index contributed by atoms with van der Waals surface area (Å²) in [6.45, 7) is 0.710. The summed E-state index contributed by atoms with van der Waals surface area (Å²) in [7, 11) is 0. The number of hydrogen-bond donors (Lipinski definition) is 8. The molecule has 0 radical (unpaired) electrons. The number of carbonyl (C=O) groups excluding carboxylic acids is 1. The molecule has 0 aromatic heterocycles. The van der Waals surface area contributed by atoms with Gasteiger partial charge >= 0.3 is 5.97 Å².